The second-order valence-electron chi connectivity index (χ2n) is 4.38. The summed E-state index contributed by atoms with van der Waals surface area (Å²) in [6.07, 6.45) is -0.000555. The largest absolute Gasteiger partial charge is 0.437 e. The minimum absolute atomic E-state index is 0.0656. The van der Waals surface area contributed by atoms with Crippen molar-refractivity contribution >= 4 is 6.03 Å². The highest BCUT2D eigenvalue weighted by molar-refractivity contribution is 5.77. The normalized spacial score (nSPS) is 11.8. The highest BCUT2D eigenvalue weighted by Gasteiger charge is 2.39. The number of carbonyl (C=O) groups is 1. The third-order valence-corrected chi connectivity index (χ3v) is 2.85. The molecule has 0 unspecified atom stereocenters. The van der Waals surface area contributed by atoms with Gasteiger partial charge in [0.2, 0.25) is 0 Å². The molecule has 7 nitrogen and oxygen atoms in total. The Morgan fingerprint density at radius 3 is 2.62 bits per heavy atom. The van der Waals surface area contributed by atoms with Crippen LogP contribution >= 0.6 is 0 Å². The van der Waals surface area contributed by atoms with Gasteiger partial charge in [0.25, 0.3) is 0 Å². The Bertz CT molecular complexity index is 604. The molecule has 0 aliphatic rings. The number of alkyl halides is 3. The average Bonchev–Trinajstić information content (AvgIpc) is 3.07. The summed E-state index contributed by atoms with van der Waals surface area (Å²) in [5.41, 5.74) is -1.39. The zero-order chi connectivity index (χ0) is 15.5. The Kier molecular flexibility index (Phi) is 4.34. The quantitative estimate of drug-likeness (QED) is 0.808. The maximum absolute atomic E-state index is 12.9. The van der Waals surface area contributed by atoms with Crippen LogP contribution in [-0.4, -0.2) is 36.0 Å². The number of carbonyl (C=O) groups excluding carboxylic acids is 1. The van der Waals surface area contributed by atoms with E-state index in [0.717, 1.165) is 17.5 Å². The smallest absolute Gasteiger partial charge is 0.243 e. The molecule has 0 spiro atoms. The van der Waals surface area contributed by atoms with E-state index >= 15 is 0 Å². The Labute approximate surface area is 117 Å². The van der Waals surface area contributed by atoms with E-state index in [-0.39, 0.29) is 12.1 Å². The van der Waals surface area contributed by atoms with Crippen molar-refractivity contribution < 1.29 is 18.0 Å². The van der Waals surface area contributed by atoms with E-state index in [9.17, 15) is 18.0 Å². The highest BCUT2D eigenvalue weighted by Crippen LogP contribution is 2.30. The predicted molar refractivity (Wildman–Crippen MR) is 64.5 cm³/mol. The number of rotatable bonds is 4. The van der Waals surface area contributed by atoms with E-state index in [1.54, 1.807) is 0 Å². The van der Waals surface area contributed by atoms with Gasteiger partial charge in [0.1, 0.15) is 0 Å². The van der Waals surface area contributed by atoms with Gasteiger partial charge in [-0.05, 0) is 12.8 Å². The minimum Gasteiger partial charge on any atom is -0.243 e. The van der Waals surface area contributed by atoms with Crippen LogP contribution in [0.5, 0.6) is 0 Å². The second kappa shape index (κ2) is 6.02. The third-order valence-electron chi connectivity index (χ3n) is 2.85. The number of aromatic nitrogens is 6. The van der Waals surface area contributed by atoms with Crippen molar-refractivity contribution in [1.82, 2.24) is 30.0 Å². The van der Waals surface area contributed by atoms with Crippen molar-refractivity contribution in [3.63, 3.8) is 0 Å². The van der Waals surface area contributed by atoms with Crippen molar-refractivity contribution in [3.8, 4) is 0 Å². The van der Waals surface area contributed by atoms with Crippen LogP contribution in [0.1, 0.15) is 37.6 Å². The van der Waals surface area contributed by atoms with Crippen molar-refractivity contribution in [2.24, 2.45) is 0 Å². The monoisotopic (exact) mass is 302 g/mol. The SMILES string of the molecule is CCCCCc1c(C(F)(F)F)nnn1C(=O)n1ccnn1. The number of halogens is 3. The van der Waals surface area contributed by atoms with Crippen LogP contribution in [0.4, 0.5) is 18.0 Å². The molecule has 0 aliphatic carbocycles. The number of unbranched alkanes of at least 4 members (excludes halogenated alkanes) is 2. The van der Waals surface area contributed by atoms with Crippen LogP contribution in [0, 0.1) is 0 Å². The molecule has 0 saturated carbocycles. The molecule has 0 aromatic carbocycles. The summed E-state index contributed by atoms with van der Waals surface area (Å²) >= 11 is 0. The average molecular weight is 302 g/mol. The molecule has 2 rings (SSSR count). The zero-order valence-corrected chi connectivity index (χ0v) is 11.2. The van der Waals surface area contributed by atoms with E-state index in [4.69, 9.17) is 0 Å². The topological polar surface area (TPSA) is 78.5 Å². The molecule has 0 amide bonds. The van der Waals surface area contributed by atoms with Crippen LogP contribution in [0.2, 0.25) is 0 Å². The zero-order valence-electron chi connectivity index (χ0n) is 11.2. The molecule has 2 aromatic heterocycles. The maximum atomic E-state index is 12.9. The summed E-state index contributed by atoms with van der Waals surface area (Å²) in [5, 5.41) is 13.3. The number of hydrogen-bond acceptors (Lipinski definition) is 5. The maximum Gasteiger partial charge on any atom is 0.437 e. The Hall–Kier alpha value is -2.26. The first kappa shape index (κ1) is 15.1. The lowest BCUT2D eigenvalue weighted by Crippen LogP contribution is -2.24. The summed E-state index contributed by atoms with van der Waals surface area (Å²) in [4.78, 5) is 12.1. The van der Waals surface area contributed by atoms with Crippen LogP contribution in [0.25, 0.3) is 0 Å². The molecule has 2 aromatic rings. The van der Waals surface area contributed by atoms with E-state index in [1.165, 1.54) is 12.4 Å². The molecular formula is C11H13F3N6O. The molecule has 0 saturated heterocycles. The van der Waals surface area contributed by atoms with Gasteiger partial charge in [-0.2, -0.15) is 22.5 Å². The van der Waals surface area contributed by atoms with Gasteiger partial charge in [-0.15, -0.1) is 10.2 Å². The highest BCUT2D eigenvalue weighted by atomic mass is 19.4. The van der Waals surface area contributed by atoms with Gasteiger partial charge in [-0.25, -0.2) is 4.79 Å². The third kappa shape index (κ3) is 3.26. The molecule has 0 fully saturated rings. The van der Waals surface area contributed by atoms with Crippen LogP contribution < -0.4 is 0 Å². The van der Waals surface area contributed by atoms with Gasteiger partial charge >= 0.3 is 12.2 Å². The minimum atomic E-state index is -4.65. The van der Waals surface area contributed by atoms with Crippen molar-refractivity contribution in [1.29, 1.82) is 0 Å². The molecule has 10 heteroatoms. The van der Waals surface area contributed by atoms with E-state index < -0.39 is 17.9 Å². The van der Waals surface area contributed by atoms with E-state index in [1.807, 2.05) is 6.92 Å². The van der Waals surface area contributed by atoms with Crippen molar-refractivity contribution in [2.75, 3.05) is 0 Å². The molecule has 0 atom stereocenters. The Morgan fingerprint density at radius 2 is 2.05 bits per heavy atom. The summed E-state index contributed by atoms with van der Waals surface area (Å²) in [6.45, 7) is 1.93. The molecular weight excluding hydrogens is 289 g/mol. The molecule has 21 heavy (non-hydrogen) atoms. The molecule has 114 valence electrons. The predicted octanol–water partition coefficient (Wildman–Crippen LogP) is 2.14. The summed E-state index contributed by atoms with van der Waals surface area (Å²) < 4.78 is 40.2. The first-order chi connectivity index (χ1) is 9.95. The van der Waals surface area contributed by atoms with Crippen molar-refractivity contribution in [2.45, 2.75) is 38.8 Å². The summed E-state index contributed by atoms with van der Waals surface area (Å²) in [6, 6.07) is -0.845. The summed E-state index contributed by atoms with van der Waals surface area (Å²) in [5.74, 6) is 0. The van der Waals surface area contributed by atoms with Gasteiger partial charge in [0.05, 0.1) is 18.1 Å². The molecule has 2 heterocycles. The molecule has 0 bridgehead atoms. The van der Waals surface area contributed by atoms with Crippen molar-refractivity contribution in [3.05, 3.63) is 23.8 Å². The summed E-state index contributed by atoms with van der Waals surface area (Å²) in [7, 11) is 0. The number of nitrogens with zero attached hydrogens (tertiary/aromatic N) is 6. The van der Waals surface area contributed by atoms with Crippen LogP contribution in [0.3, 0.4) is 0 Å². The first-order valence-electron chi connectivity index (χ1n) is 6.38. The van der Waals surface area contributed by atoms with Gasteiger partial charge in [-0.3, -0.25) is 0 Å². The lowest BCUT2D eigenvalue weighted by molar-refractivity contribution is -0.141. The standard InChI is InChI=1S/C11H13F3N6O/c1-2-3-4-5-8-9(11(12,13)14)16-18-20(8)10(21)19-7-6-15-17-19/h6-7H,2-5H2,1H3. The van der Waals surface area contributed by atoms with Gasteiger partial charge < -0.3 is 0 Å². The lowest BCUT2D eigenvalue weighted by atomic mass is 10.1. The lowest BCUT2D eigenvalue weighted by Gasteiger charge is -2.08. The molecule has 0 N–H and O–H groups in total. The van der Waals surface area contributed by atoms with Crippen LogP contribution in [-0.2, 0) is 12.6 Å². The van der Waals surface area contributed by atoms with E-state index in [0.29, 0.717) is 11.1 Å². The second-order valence-corrected chi connectivity index (χ2v) is 4.38. The van der Waals surface area contributed by atoms with Gasteiger partial charge in [0, 0.05) is 0 Å². The first-order valence-corrected chi connectivity index (χ1v) is 6.38. The molecule has 0 aliphatic heterocycles. The van der Waals surface area contributed by atoms with Gasteiger partial charge in [-0.1, -0.05) is 30.2 Å². The fraction of sp³-hybridized carbons (Fsp3) is 0.545. The number of hydrogen-bond donors (Lipinski definition) is 0. The van der Waals surface area contributed by atoms with E-state index in [2.05, 4.69) is 20.6 Å². The fourth-order valence-electron chi connectivity index (χ4n) is 1.85. The van der Waals surface area contributed by atoms with Crippen LogP contribution in [0.15, 0.2) is 12.4 Å². The molecule has 0 radical (unpaired) electrons. The Morgan fingerprint density at radius 1 is 1.29 bits per heavy atom. The van der Waals surface area contributed by atoms with Gasteiger partial charge in [0.15, 0.2) is 5.69 Å². The fourth-order valence-corrected chi connectivity index (χ4v) is 1.85. The Balaban J connectivity index is 2.36.